The molecule has 0 aliphatic rings. The first-order chi connectivity index (χ1) is 8.65. The summed E-state index contributed by atoms with van der Waals surface area (Å²) in [4.78, 5) is 0. The van der Waals surface area contributed by atoms with Gasteiger partial charge in [0.2, 0.25) is 0 Å². The Hall–Kier alpha value is -0.640. The van der Waals surface area contributed by atoms with Crippen LogP contribution in [0.25, 0.3) is 0 Å². The molecule has 110 valence electrons. The van der Waals surface area contributed by atoms with Gasteiger partial charge in [0.15, 0.2) is 11.5 Å². The molecular formula is C14H23Cl2NO2. The van der Waals surface area contributed by atoms with Crippen LogP contribution in [-0.4, -0.2) is 14.2 Å². The number of benzene rings is 1. The molecule has 1 aromatic carbocycles. The second kappa shape index (κ2) is 9.29. The first-order valence-electron chi connectivity index (χ1n) is 6.31. The standard InChI is InChI=1S/C14H22ClNO2.ClH/c1-4-5-6-7-11(16)10-8-9-12(17-2)14(18-3)13(10)15;/h8-9,11H,4-7,16H2,1-3H3;1H/t11-;/m0./s1. The lowest BCUT2D eigenvalue weighted by atomic mass is 10.0. The smallest absolute Gasteiger partial charge is 0.179 e. The Kier molecular flexibility index (Phi) is 8.98. The topological polar surface area (TPSA) is 44.5 Å². The van der Waals surface area contributed by atoms with Gasteiger partial charge in [-0.05, 0) is 18.1 Å². The maximum Gasteiger partial charge on any atom is 0.179 e. The molecule has 0 spiro atoms. The van der Waals surface area contributed by atoms with Crippen molar-refractivity contribution < 1.29 is 9.47 Å². The largest absolute Gasteiger partial charge is 0.493 e. The van der Waals surface area contributed by atoms with Crippen LogP contribution in [0.1, 0.15) is 44.2 Å². The zero-order valence-electron chi connectivity index (χ0n) is 11.7. The molecule has 1 aromatic rings. The summed E-state index contributed by atoms with van der Waals surface area (Å²) in [5.41, 5.74) is 7.09. The molecule has 0 radical (unpaired) electrons. The van der Waals surface area contributed by atoms with Gasteiger partial charge in [0, 0.05) is 6.04 Å². The molecule has 0 aromatic heterocycles. The van der Waals surface area contributed by atoms with Crippen LogP contribution in [0.3, 0.4) is 0 Å². The Morgan fingerprint density at radius 3 is 2.42 bits per heavy atom. The Morgan fingerprint density at radius 2 is 1.89 bits per heavy atom. The summed E-state index contributed by atoms with van der Waals surface area (Å²) in [6.07, 6.45) is 4.43. The minimum absolute atomic E-state index is 0. The Labute approximate surface area is 126 Å². The molecule has 0 fully saturated rings. The highest BCUT2D eigenvalue weighted by molar-refractivity contribution is 6.33. The van der Waals surface area contributed by atoms with Gasteiger partial charge in [-0.1, -0.05) is 43.9 Å². The monoisotopic (exact) mass is 307 g/mol. The van der Waals surface area contributed by atoms with E-state index in [9.17, 15) is 0 Å². The maximum atomic E-state index is 6.32. The second-order valence-corrected chi connectivity index (χ2v) is 4.68. The van der Waals surface area contributed by atoms with E-state index < -0.39 is 0 Å². The maximum absolute atomic E-state index is 6.32. The average Bonchev–Trinajstić information content (AvgIpc) is 2.38. The van der Waals surface area contributed by atoms with Crippen molar-refractivity contribution in [3.8, 4) is 11.5 Å². The SMILES string of the molecule is CCCCC[C@H](N)c1ccc(OC)c(OC)c1Cl.Cl. The second-order valence-electron chi connectivity index (χ2n) is 4.31. The molecule has 19 heavy (non-hydrogen) atoms. The van der Waals surface area contributed by atoms with Crippen molar-refractivity contribution in [2.75, 3.05) is 14.2 Å². The summed E-state index contributed by atoms with van der Waals surface area (Å²) < 4.78 is 10.5. The van der Waals surface area contributed by atoms with E-state index in [4.69, 9.17) is 26.8 Å². The van der Waals surface area contributed by atoms with Gasteiger partial charge in [-0.2, -0.15) is 0 Å². The molecule has 5 heteroatoms. The van der Waals surface area contributed by atoms with Gasteiger partial charge in [-0.25, -0.2) is 0 Å². The van der Waals surface area contributed by atoms with Crippen molar-refractivity contribution in [3.05, 3.63) is 22.7 Å². The van der Waals surface area contributed by atoms with Gasteiger partial charge >= 0.3 is 0 Å². The molecule has 1 rings (SSSR count). The Bertz CT molecular complexity index is 386. The summed E-state index contributed by atoms with van der Waals surface area (Å²) in [6.45, 7) is 2.18. The van der Waals surface area contributed by atoms with Crippen molar-refractivity contribution >= 4 is 24.0 Å². The third-order valence-electron chi connectivity index (χ3n) is 3.03. The Balaban J connectivity index is 0.00000324. The molecule has 3 nitrogen and oxygen atoms in total. The predicted octanol–water partition coefficient (Wildman–Crippen LogP) is 4.36. The molecule has 0 aliphatic carbocycles. The van der Waals surface area contributed by atoms with Crippen LogP contribution < -0.4 is 15.2 Å². The molecule has 0 amide bonds. The fraction of sp³-hybridized carbons (Fsp3) is 0.571. The number of rotatable bonds is 7. The van der Waals surface area contributed by atoms with Crippen LogP contribution in [0, 0.1) is 0 Å². The van der Waals surface area contributed by atoms with E-state index in [0.29, 0.717) is 16.5 Å². The van der Waals surface area contributed by atoms with E-state index in [1.165, 1.54) is 12.8 Å². The first-order valence-corrected chi connectivity index (χ1v) is 6.69. The third-order valence-corrected chi connectivity index (χ3v) is 3.42. The van der Waals surface area contributed by atoms with Crippen molar-refractivity contribution in [1.82, 2.24) is 0 Å². The van der Waals surface area contributed by atoms with Gasteiger partial charge in [-0.15, -0.1) is 12.4 Å². The summed E-state index contributed by atoms with van der Waals surface area (Å²) in [6, 6.07) is 3.71. The van der Waals surface area contributed by atoms with Gasteiger partial charge in [-0.3, -0.25) is 0 Å². The predicted molar refractivity (Wildman–Crippen MR) is 82.9 cm³/mol. The average molecular weight is 308 g/mol. The normalized spacial score (nSPS) is 11.6. The van der Waals surface area contributed by atoms with E-state index in [1.807, 2.05) is 12.1 Å². The lowest BCUT2D eigenvalue weighted by Crippen LogP contribution is -2.11. The van der Waals surface area contributed by atoms with Crippen LogP contribution in [0.4, 0.5) is 0 Å². The summed E-state index contributed by atoms with van der Waals surface area (Å²) in [5.74, 6) is 1.19. The molecule has 0 saturated carbocycles. The lowest BCUT2D eigenvalue weighted by molar-refractivity contribution is 0.354. The zero-order valence-corrected chi connectivity index (χ0v) is 13.3. The van der Waals surface area contributed by atoms with Crippen molar-refractivity contribution in [2.24, 2.45) is 5.73 Å². The fourth-order valence-electron chi connectivity index (χ4n) is 1.96. The van der Waals surface area contributed by atoms with E-state index in [-0.39, 0.29) is 18.4 Å². The van der Waals surface area contributed by atoms with Gasteiger partial charge in [0.05, 0.1) is 19.2 Å². The third kappa shape index (κ3) is 4.75. The van der Waals surface area contributed by atoms with Crippen LogP contribution in [0.15, 0.2) is 12.1 Å². The number of unbranched alkanes of at least 4 members (excludes halogenated alkanes) is 2. The summed E-state index contributed by atoms with van der Waals surface area (Å²) in [7, 11) is 3.17. The zero-order chi connectivity index (χ0) is 13.5. The molecule has 0 saturated heterocycles. The first kappa shape index (κ1) is 18.4. The molecule has 0 bridgehead atoms. The molecule has 2 N–H and O–H groups in total. The van der Waals surface area contributed by atoms with Crippen LogP contribution in [0.5, 0.6) is 11.5 Å². The van der Waals surface area contributed by atoms with Crippen molar-refractivity contribution in [1.29, 1.82) is 0 Å². The number of ether oxygens (including phenoxy) is 2. The number of nitrogens with two attached hydrogens (primary N) is 1. The van der Waals surface area contributed by atoms with E-state index in [1.54, 1.807) is 14.2 Å². The minimum Gasteiger partial charge on any atom is -0.493 e. The van der Waals surface area contributed by atoms with Crippen LogP contribution in [-0.2, 0) is 0 Å². The number of hydrogen-bond donors (Lipinski definition) is 1. The molecular weight excluding hydrogens is 285 g/mol. The van der Waals surface area contributed by atoms with Crippen molar-refractivity contribution in [2.45, 2.75) is 38.6 Å². The highest BCUT2D eigenvalue weighted by atomic mass is 35.5. The number of methoxy groups -OCH3 is 2. The highest BCUT2D eigenvalue weighted by Gasteiger charge is 2.17. The van der Waals surface area contributed by atoms with Crippen molar-refractivity contribution in [3.63, 3.8) is 0 Å². The lowest BCUT2D eigenvalue weighted by Gasteiger charge is -2.17. The van der Waals surface area contributed by atoms with E-state index in [2.05, 4.69) is 6.92 Å². The summed E-state index contributed by atoms with van der Waals surface area (Å²) in [5, 5.41) is 0.556. The van der Waals surface area contributed by atoms with Crippen LogP contribution >= 0.6 is 24.0 Å². The van der Waals surface area contributed by atoms with Gasteiger partial charge in [0.1, 0.15) is 0 Å². The quantitative estimate of drug-likeness (QED) is 0.761. The summed E-state index contributed by atoms with van der Waals surface area (Å²) >= 11 is 6.32. The highest BCUT2D eigenvalue weighted by Crippen LogP contribution is 2.39. The van der Waals surface area contributed by atoms with E-state index >= 15 is 0 Å². The molecule has 0 unspecified atom stereocenters. The van der Waals surface area contributed by atoms with Gasteiger partial charge in [0.25, 0.3) is 0 Å². The number of halogens is 2. The van der Waals surface area contributed by atoms with E-state index in [0.717, 1.165) is 18.4 Å². The number of hydrogen-bond acceptors (Lipinski definition) is 3. The molecule has 1 atom stereocenters. The Morgan fingerprint density at radius 1 is 1.21 bits per heavy atom. The molecule has 0 heterocycles. The molecule has 0 aliphatic heterocycles. The van der Waals surface area contributed by atoms with Crippen LogP contribution in [0.2, 0.25) is 5.02 Å². The fourth-order valence-corrected chi connectivity index (χ4v) is 2.33. The minimum atomic E-state index is -0.0520. The van der Waals surface area contributed by atoms with Gasteiger partial charge < -0.3 is 15.2 Å².